The molecule has 2 spiro atoms. The Hall–Kier alpha value is -3.52. The predicted octanol–water partition coefficient (Wildman–Crippen LogP) is 4.07. The molecule has 1 aliphatic heterocycles. The number of fused-ring (bicyclic) bond motifs is 4. The van der Waals surface area contributed by atoms with Crippen LogP contribution in [0.3, 0.4) is 0 Å². The van der Waals surface area contributed by atoms with E-state index in [1.165, 1.54) is 14.2 Å². The van der Waals surface area contributed by atoms with Crippen LogP contribution < -0.4 is 0 Å². The number of methoxy groups -OCH3 is 2. The van der Waals surface area contributed by atoms with E-state index in [9.17, 15) is 22.8 Å². The molecule has 8 heteroatoms. The fraction of sp³-hybridized carbons (Fsp3) is 0.387. The molecule has 0 aromatic heterocycles. The molecule has 7 rings (SSSR count). The summed E-state index contributed by atoms with van der Waals surface area (Å²) in [4.78, 5) is 39.1. The lowest BCUT2D eigenvalue weighted by Gasteiger charge is -2.26. The van der Waals surface area contributed by atoms with E-state index in [4.69, 9.17) is 9.47 Å². The molecular weight excluding hydrogens is 516 g/mol. The molecule has 39 heavy (non-hydrogen) atoms. The highest BCUT2D eigenvalue weighted by atomic mass is 32.2. The molecule has 200 valence electrons. The van der Waals surface area contributed by atoms with Gasteiger partial charge in [0.1, 0.15) is 5.78 Å². The summed E-state index contributed by atoms with van der Waals surface area (Å²) in [7, 11) is -0.511. The lowest BCUT2D eigenvalue weighted by Crippen LogP contribution is -2.37. The number of benzene rings is 3. The standard InChI is InChI=1S/C31H28O7S/c1-37-27(32)25-9-17-5-19-11-30(12-20(19)6-18(17)10-26(25)28(33)38-2)3-4-31(29(30)34)13-21-7-23-15-39(35,36)16-24(23)8-22(21)14-31/h5-10H,3-4,11-16H2,1-2H3. The zero-order chi connectivity index (χ0) is 27.3. The number of hydrogen-bond acceptors (Lipinski definition) is 7. The molecule has 3 aliphatic carbocycles. The van der Waals surface area contributed by atoms with Crippen LogP contribution in [0.5, 0.6) is 0 Å². The highest BCUT2D eigenvalue weighted by Crippen LogP contribution is 2.58. The zero-order valence-electron chi connectivity index (χ0n) is 21.9. The molecule has 0 amide bonds. The molecule has 0 bridgehead atoms. The van der Waals surface area contributed by atoms with Gasteiger partial charge in [0.05, 0.1) is 36.9 Å². The summed E-state index contributed by atoms with van der Waals surface area (Å²) in [6.45, 7) is 0. The normalized spacial score (nSPS) is 20.8. The fourth-order valence-corrected chi connectivity index (χ4v) is 9.36. The molecule has 0 unspecified atom stereocenters. The fourth-order valence-electron chi connectivity index (χ4n) is 7.77. The van der Waals surface area contributed by atoms with Gasteiger partial charge in [-0.15, -0.1) is 0 Å². The van der Waals surface area contributed by atoms with Crippen LogP contribution >= 0.6 is 0 Å². The number of ketones is 1. The van der Waals surface area contributed by atoms with Gasteiger partial charge in [0, 0.05) is 10.8 Å². The Morgan fingerprint density at radius 2 is 1.03 bits per heavy atom. The van der Waals surface area contributed by atoms with E-state index < -0.39 is 32.6 Å². The first-order valence-electron chi connectivity index (χ1n) is 13.2. The maximum atomic E-state index is 14.3. The van der Waals surface area contributed by atoms with E-state index in [1.54, 1.807) is 12.1 Å². The molecular formula is C31H28O7S. The molecule has 0 N–H and O–H groups in total. The van der Waals surface area contributed by atoms with Gasteiger partial charge in [-0.25, -0.2) is 18.0 Å². The van der Waals surface area contributed by atoms with Crippen LogP contribution in [0, 0.1) is 10.8 Å². The quantitative estimate of drug-likeness (QED) is 0.448. The highest BCUT2D eigenvalue weighted by molar-refractivity contribution is 7.90. The molecule has 0 saturated heterocycles. The largest absolute Gasteiger partial charge is 0.465 e. The number of carbonyl (C=O) groups is 3. The second-order valence-electron chi connectivity index (χ2n) is 11.9. The number of carbonyl (C=O) groups excluding carboxylic acids is 3. The molecule has 7 nitrogen and oxygen atoms in total. The van der Waals surface area contributed by atoms with Gasteiger partial charge in [-0.05, 0) is 94.8 Å². The Bertz CT molecular complexity index is 1660. The van der Waals surface area contributed by atoms with Gasteiger partial charge in [-0.2, -0.15) is 0 Å². The van der Waals surface area contributed by atoms with Crippen molar-refractivity contribution in [3.8, 4) is 0 Å². The third kappa shape index (κ3) is 3.53. The Morgan fingerprint density at radius 3 is 1.41 bits per heavy atom. The van der Waals surface area contributed by atoms with E-state index in [0.29, 0.717) is 31.5 Å². The van der Waals surface area contributed by atoms with E-state index in [0.717, 1.165) is 57.0 Å². The summed E-state index contributed by atoms with van der Waals surface area (Å²) in [5.74, 6) is -0.694. The minimum absolute atomic E-state index is 0.0960. The van der Waals surface area contributed by atoms with Crippen molar-refractivity contribution in [3.63, 3.8) is 0 Å². The summed E-state index contributed by atoms with van der Waals surface area (Å²) >= 11 is 0. The van der Waals surface area contributed by atoms with E-state index >= 15 is 0 Å². The van der Waals surface area contributed by atoms with E-state index in [1.807, 2.05) is 24.3 Å². The van der Waals surface area contributed by atoms with Crippen molar-refractivity contribution < 1.29 is 32.3 Å². The van der Waals surface area contributed by atoms with Gasteiger partial charge >= 0.3 is 11.9 Å². The molecule has 1 heterocycles. The summed E-state index contributed by atoms with van der Waals surface area (Å²) in [6, 6.07) is 11.5. The number of sulfone groups is 1. The van der Waals surface area contributed by atoms with Gasteiger partial charge in [-0.1, -0.05) is 24.3 Å². The van der Waals surface area contributed by atoms with Crippen LogP contribution in [-0.2, 0) is 61.3 Å². The van der Waals surface area contributed by atoms with Crippen molar-refractivity contribution in [2.24, 2.45) is 10.8 Å². The number of esters is 2. The summed E-state index contributed by atoms with van der Waals surface area (Å²) < 4.78 is 34.0. The minimum atomic E-state index is -3.06. The lowest BCUT2D eigenvalue weighted by atomic mass is 9.74. The summed E-state index contributed by atoms with van der Waals surface area (Å²) in [5, 5.41) is 1.63. The van der Waals surface area contributed by atoms with Gasteiger partial charge in [0.25, 0.3) is 0 Å². The second-order valence-corrected chi connectivity index (χ2v) is 13.9. The van der Waals surface area contributed by atoms with Crippen LogP contribution in [0.25, 0.3) is 10.8 Å². The van der Waals surface area contributed by atoms with Crippen molar-refractivity contribution >= 4 is 38.3 Å². The second kappa shape index (κ2) is 8.01. The summed E-state index contributed by atoms with van der Waals surface area (Å²) in [5.41, 5.74) is 5.69. The van der Waals surface area contributed by atoms with Crippen molar-refractivity contribution in [2.45, 2.75) is 50.0 Å². The van der Waals surface area contributed by atoms with Gasteiger partial charge in [0.15, 0.2) is 9.84 Å². The van der Waals surface area contributed by atoms with Crippen LogP contribution in [0.4, 0.5) is 0 Å². The lowest BCUT2D eigenvalue weighted by molar-refractivity contribution is -0.133. The first kappa shape index (κ1) is 24.5. The Labute approximate surface area is 226 Å². The Balaban J connectivity index is 1.21. The Morgan fingerprint density at radius 1 is 0.641 bits per heavy atom. The first-order chi connectivity index (χ1) is 18.6. The van der Waals surface area contributed by atoms with Crippen LogP contribution in [0.1, 0.15) is 66.9 Å². The topological polar surface area (TPSA) is 104 Å². The van der Waals surface area contributed by atoms with Crippen LogP contribution in [0.15, 0.2) is 36.4 Å². The number of rotatable bonds is 2. The molecule has 3 aromatic rings. The maximum Gasteiger partial charge on any atom is 0.338 e. The van der Waals surface area contributed by atoms with Crippen molar-refractivity contribution in [1.82, 2.24) is 0 Å². The molecule has 1 fully saturated rings. The maximum absolute atomic E-state index is 14.3. The molecule has 0 radical (unpaired) electrons. The van der Waals surface area contributed by atoms with E-state index in [2.05, 4.69) is 0 Å². The zero-order valence-corrected chi connectivity index (χ0v) is 22.7. The van der Waals surface area contributed by atoms with Crippen molar-refractivity contribution in [2.75, 3.05) is 14.2 Å². The SMILES string of the molecule is COC(=O)c1cc2cc3c(cc2cc1C(=O)OC)CC1(CCC2(Cc4cc5c(cc4C2)CS(=O)(=O)C5)C1=O)C3. The third-order valence-electron chi connectivity index (χ3n) is 9.54. The first-order valence-corrected chi connectivity index (χ1v) is 15.0. The average Bonchev–Trinajstić information content (AvgIpc) is 3.61. The van der Waals surface area contributed by atoms with Gasteiger partial charge in [-0.3, -0.25) is 4.79 Å². The minimum Gasteiger partial charge on any atom is -0.465 e. The highest BCUT2D eigenvalue weighted by Gasteiger charge is 2.59. The molecule has 1 saturated carbocycles. The molecule has 3 aromatic carbocycles. The van der Waals surface area contributed by atoms with Crippen LogP contribution in [-0.4, -0.2) is 40.4 Å². The number of Topliss-reactive ketones (excluding diaryl/α,β-unsaturated/α-hetero) is 1. The Kier molecular flexibility index (Phi) is 5.03. The van der Waals surface area contributed by atoms with Crippen LogP contribution in [0.2, 0.25) is 0 Å². The van der Waals surface area contributed by atoms with Gasteiger partial charge in [0.2, 0.25) is 0 Å². The molecule has 4 aliphatic rings. The monoisotopic (exact) mass is 544 g/mol. The van der Waals surface area contributed by atoms with Crippen molar-refractivity contribution in [3.05, 3.63) is 80.9 Å². The molecule has 0 atom stereocenters. The van der Waals surface area contributed by atoms with Crippen molar-refractivity contribution in [1.29, 1.82) is 0 Å². The average molecular weight is 545 g/mol. The number of hydrogen-bond donors (Lipinski definition) is 0. The summed E-state index contributed by atoms with van der Waals surface area (Å²) in [6.07, 6.45) is 4.33. The van der Waals surface area contributed by atoms with E-state index in [-0.39, 0.29) is 22.6 Å². The van der Waals surface area contributed by atoms with Gasteiger partial charge < -0.3 is 9.47 Å². The third-order valence-corrected chi connectivity index (χ3v) is 11.0. The smallest absolute Gasteiger partial charge is 0.338 e. The predicted molar refractivity (Wildman–Crippen MR) is 143 cm³/mol. The number of ether oxygens (including phenoxy) is 2.